The van der Waals surface area contributed by atoms with E-state index >= 15 is 0 Å². The summed E-state index contributed by atoms with van der Waals surface area (Å²) in [6.07, 6.45) is -0.203. The van der Waals surface area contributed by atoms with E-state index in [0.717, 1.165) is 0 Å². The predicted octanol–water partition coefficient (Wildman–Crippen LogP) is -3.09. The molecule has 80 valence electrons. The minimum atomic E-state index is -4.04. The quantitative estimate of drug-likeness (QED) is 0.123. The third kappa shape index (κ3) is 7.92. The Hall–Kier alpha value is 0.0500. The third-order valence-electron chi connectivity index (χ3n) is 0.851. The van der Waals surface area contributed by atoms with Crippen LogP contribution in [-0.2, 0) is 18.9 Å². The van der Waals surface area contributed by atoms with Gasteiger partial charge in [0.15, 0.2) is 0 Å². The summed E-state index contributed by atoms with van der Waals surface area (Å²) in [5.74, 6) is -1.91. The topological polar surface area (TPSA) is 91.6 Å². The molecule has 0 radical (unpaired) electrons. The maximum Gasteiger partial charge on any atom is 1.00 e. The third-order valence-corrected chi connectivity index (χ3v) is 1.35. The van der Waals surface area contributed by atoms with Crippen LogP contribution in [0.1, 0.15) is 6.42 Å². The molecule has 0 aromatic heterocycles. The fraction of sp³-hybridized carbons (Fsp3) is 0.600. The maximum atomic E-state index is 12.5. The van der Waals surface area contributed by atoms with Crippen LogP contribution in [0.4, 0.5) is 8.78 Å². The van der Waals surface area contributed by atoms with Crippen LogP contribution in [0.5, 0.6) is 0 Å². The fourth-order valence-corrected chi connectivity index (χ4v) is 0.604. The molecular formula is C5H4F2NNaO5S. The molecular weight excluding hydrogens is 247 g/mol. The first-order chi connectivity index (χ1) is 6.54. The van der Waals surface area contributed by atoms with Crippen molar-refractivity contribution in [1.29, 1.82) is 5.26 Å². The van der Waals surface area contributed by atoms with Gasteiger partial charge in [-0.1, -0.05) is 0 Å². The number of nitriles is 1. The predicted molar refractivity (Wildman–Crippen MR) is 35.9 cm³/mol. The van der Waals surface area contributed by atoms with Crippen LogP contribution in [-0.4, -0.2) is 17.8 Å². The fourth-order valence-electron chi connectivity index (χ4n) is 0.364. The Morgan fingerprint density at radius 3 is 2.67 bits per heavy atom. The van der Waals surface area contributed by atoms with Gasteiger partial charge in [0.1, 0.15) is 18.6 Å². The summed E-state index contributed by atoms with van der Waals surface area (Å²) in [4.78, 5) is 10.5. The molecule has 0 saturated heterocycles. The second kappa shape index (κ2) is 9.29. The summed E-state index contributed by atoms with van der Waals surface area (Å²) in [5.41, 5.74) is 0. The largest absolute Gasteiger partial charge is 1.00 e. The Morgan fingerprint density at radius 1 is 1.60 bits per heavy atom. The van der Waals surface area contributed by atoms with E-state index in [1.807, 2.05) is 0 Å². The summed E-state index contributed by atoms with van der Waals surface area (Å²) < 4.78 is 32.2. The van der Waals surface area contributed by atoms with Crippen molar-refractivity contribution in [2.75, 3.05) is 6.61 Å². The monoisotopic (exact) mass is 251 g/mol. The van der Waals surface area contributed by atoms with E-state index in [9.17, 15) is 18.8 Å². The molecule has 15 heavy (non-hydrogen) atoms. The number of esters is 1. The summed E-state index contributed by atoms with van der Waals surface area (Å²) in [7, 11) is 0. The normalized spacial score (nSPS) is 10.0. The van der Waals surface area contributed by atoms with Gasteiger partial charge >= 0.3 is 40.8 Å². The van der Waals surface area contributed by atoms with Crippen LogP contribution >= 0.6 is 12.0 Å². The van der Waals surface area contributed by atoms with E-state index < -0.39 is 29.9 Å². The van der Waals surface area contributed by atoms with Crippen molar-refractivity contribution >= 4 is 18.0 Å². The molecule has 0 bridgehead atoms. The standard InChI is InChI=1S/C5H5F2NO5S.Na/c6-5(7,14-13-12-10)4(9)11-3-1-2-8;/h10H,1,3H2;/q;+1/p-1. The minimum absolute atomic E-state index is 0. The molecule has 0 fully saturated rings. The Balaban J connectivity index is 0. The smallest absolute Gasteiger partial charge is 0.691 e. The molecule has 0 atom stereocenters. The molecule has 6 nitrogen and oxygen atoms in total. The number of ether oxygens (including phenoxy) is 1. The van der Waals surface area contributed by atoms with Gasteiger partial charge in [0.2, 0.25) is 0 Å². The molecule has 10 heteroatoms. The Labute approximate surface area is 110 Å². The molecule has 0 amide bonds. The first-order valence-corrected chi connectivity index (χ1v) is 3.85. The Morgan fingerprint density at radius 2 is 2.20 bits per heavy atom. The van der Waals surface area contributed by atoms with Crippen LogP contribution in [0.15, 0.2) is 0 Å². The van der Waals surface area contributed by atoms with E-state index in [0.29, 0.717) is 0 Å². The van der Waals surface area contributed by atoms with E-state index in [4.69, 9.17) is 5.26 Å². The van der Waals surface area contributed by atoms with Gasteiger partial charge in [-0.05, 0) is 0 Å². The van der Waals surface area contributed by atoms with Crippen LogP contribution < -0.4 is 34.8 Å². The average Bonchev–Trinajstić information content (AvgIpc) is 2.15. The molecule has 0 aliphatic rings. The summed E-state index contributed by atoms with van der Waals surface area (Å²) in [6.45, 7) is -0.455. The maximum absolute atomic E-state index is 12.5. The zero-order valence-corrected chi connectivity index (χ0v) is 10.4. The van der Waals surface area contributed by atoms with E-state index in [1.165, 1.54) is 0 Å². The van der Waals surface area contributed by atoms with Crippen molar-refractivity contribution in [1.82, 2.24) is 0 Å². The van der Waals surface area contributed by atoms with E-state index in [2.05, 4.69) is 14.1 Å². The minimum Gasteiger partial charge on any atom is -0.691 e. The first-order valence-electron chi connectivity index (χ1n) is 3.11. The summed E-state index contributed by atoms with van der Waals surface area (Å²) in [6, 6.07) is 1.58. The van der Waals surface area contributed by atoms with E-state index in [1.54, 1.807) is 6.07 Å². The van der Waals surface area contributed by atoms with Crippen molar-refractivity contribution in [2.45, 2.75) is 11.7 Å². The number of hydrogen-bond acceptors (Lipinski definition) is 7. The van der Waals surface area contributed by atoms with Crippen molar-refractivity contribution in [2.24, 2.45) is 0 Å². The van der Waals surface area contributed by atoms with Crippen molar-refractivity contribution < 1.29 is 62.5 Å². The first kappa shape index (κ1) is 17.4. The van der Waals surface area contributed by atoms with Gasteiger partial charge < -0.3 is 9.99 Å². The molecule has 0 spiro atoms. The second-order valence-electron chi connectivity index (χ2n) is 1.78. The number of rotatable bonds is 6. The zero-order chi connectivity index (χ0) is 11.0. The molecule has 0 heterocycles. The SMILES string of the molecule is N#CCCOC(=O)C(F)(F)SOO[O-].[Na+]. The van der Waals surface area contributed by atoms with Gasteiger partial charge in [-0.2, -0.15) is 18.4 Å². The van der Waals surface area contributed by atoms with E-state index in [-0.39, 0.29) is 36.0 Å². The second-order valence-corrected chi connectivity index (χ2v) is 2.60. The van der Waals surface area contributed by atoms with Gasteiger partial charge in [0.05, 0.1) is 12.5 Å². The molecule has 0 saturated carbocycles. The van der Waals surface area contributed by atoms with Crippen LogP contribution in [0.25, 0.3) is 0 Å². The number of nitrogens with zero attached hydrogens (tertiary/aromatic N) is 1. The molecule has 0 unspecified atom stereocenters. The number of hydrogen-bond donors (Lipinski definition) is 0. The average molecular weight is 251 g/mol. The molecule has 0 aliphatic heterocycles. The molecule has 0 rings (SSSR count). The molecule has 0 N–H and O–H groups in total. The number of alkyl halides is 2. The molecule has 0 aromatic carbocycles. The Bertz CT molecular complexity index is 236. The van der Waals surface area contributed by atoms with Gasteiger partial charge in [0, 0.05) is 0 Å². The number of carbonyl (C=O) groups is 1. The zero-order valence-electron chi connectivity index (χ0n) is 7.57. The number of carbonyl (C=O) groups excluding carboxylic acids is 1. The van der Waals surface area contributed by atoms with Gasteiger partial charge in [0.25, 0.3) is 0 Å². The summed E-state index contributed by atoms with van der Waals surface area (Å²) in [5, 5.41) is 15.8. The van der Waals surface area contributed by atoms with Crippen molar-refractivity contribution in [3.8, 4) is 6.07 Å². The molecule has 0 aromatic rings. The van der Waals surface area contributed by atoms with Gasteiger partial charge in [-0.3, -0.25) is 5.04 Å². The number of halogens is 2. The van der Waals surface area contributed by atoms with Gasteiger partial charge in [-0.15, -0.1) is 0 Å². The van der Waals surface area contributed by atoms with Crippen LogP contribution in [0, 0.1) is 11.3 Å². The summed E-state index contributed by atoms with van der Waals surface area (Å²) >= 11 is -0.781. The van der Waals surface area contributed by atoms with Crippen molar-refractivity contribution in [3.63, 3.8) is 0 Å². The van der Waals surface area contributed by atoms with Crippen LogP contribution in [0.3, 0.4) is 0 Å². The van der Waals surface area contributed by atoms with Crippen molar-refractivity contribution in [3.05, 3.63) is 0 Å². The molecule has 0 aliphatic carbocycles. The Kier molecular flexibility index (Phi) is 10.8. The van der Waals surface area contributed by atoms with Gasteiger partial charge in [-0.25, -0.2) is 4.79 Å². The van der Waals surface area contributed by atoms with Crippen LogP contribution in [0.2, 0.25) is 0 Å².